The maximum atomic E-state index is 14.2. The predicted molar refractivity (Wildman–Crippen MR) is 141 cm³/mol. The van der Waals surface area contributed by atoms with Gasteiger partial charge in [0.15, 0.2) is 0 Å². The van der Waals surface area contributed by atoms with E-state index in [1.807, 2.05) is 12.1 Å². The summed E-state index contributed by atoms with van der Waals surface area (Å²) in [5.41, 5.74) is 9.21. The lowest BCUT2D eigenvalue weighted by Crippen LogP contribution is -2.12. The first kappa shape index (κ1) is 26.8. The van der Waals surface area contributed by atoms with Crippen molar-refractivity contribution in [1.82, 2.24) is 9.97 Å². The number of hydrogen-bond donors (Lipinski definition) is 3. The van der Waals surface area contributed by atoms with E-state index in [1.54, 1.807) is 37.3 Å². The van der Waals surface area contributed by atoms with Crippen molar-refractivity contribution in [3.05, 3.63) is 82.5 Å². The topological polar surface area (TPSA) is 153 Å². The van der Waals surface area contributed by atoms with Crippen LogP contribution in [-0.4, -0.2) is 32.9 Å². The highest BCUT2D eigenvalue weighted by atomic mass is 32.2. The van der Waals surface area contributed by atoms with Crippen LogP contribution in [0.1, 0.15) is 34.6 Å². The number of aliphatic hydroxyl groups excluding tert-OH is 2. The van der Waals surface area contributed by atoms with Crippen molar-refractivity contribution >= 4 is 17.6 Å². The Kier molecular flexibility index (Phi) is 8.39. The normalized spacial score (nSPS) is 11.6. The van der Waals surface area contributed by atoms with Crippen LogP contribution in [0.5, 0.6) is 0 Å². The molecule has 0 radical (unpaired) electrons. The van der Waals surface area contributed by atoms with E-state index in [1.165, 1.54) is 17.8 Å². The molecule has 0 spiro atoms. The second-order valence-electron chi connectivity index (χ2n) is 8.51. The molecule has 0 unspecified atom stereocenters. The first-order chi connectivity index (χ1) is 18.4. The maximum absolute atomic E-state index is 14.2. The van der Waals surface area contributed by atoms with Crippen LogP contribution in [0.3, 0.4) is 0 Å². The number of aromatic nitrogens is 2. The number of aliphatic hydroxyl groups is 2. The number of hydrogen-bond acceptors (Lipinski definition) is 9. The van der Waals surface area contributed by atoms with E-state index < -0.39 is 11.9 Å². The smallest absolute Gasteiger partial charge is 0.229 e. The summed E-state index contributed by atoms with van der Waals surface area (Å²) in [5.74, 6) is 0.515. The molecule has 0 saturated carbocycles. The third kappa shape index (κ3) is 5.68. The fourth-order valence-electron chi connectivity index (χ4n) is 3.90. The van der Waals surface area contributed by atoms with Gasteiger partial charge in [-0.15, -0.1) is 0 Å². The summed E-state index contributed by atoms with van der Waals surface area (Å²) in [6.07, 6.45) is 0.177. The van der Waals surface area contributed by atoms with Crippen LogP contribution in [0.2, 0.25) is 0 Å². The van der Waals surface area contributed by atoms with Gasteiger partial charge in [-0.05, 0) is 43.0 Å². The van der Waals surface area contributed by atoms with Gasteiger partial charge in [0.2, 0.25) is 5.89 Å². The maximum Gasteiger partial charge on any atom is 0.229 e. The van der Waals surface area contributed by atoms with E-state index >= 15 is 0 Å². The zero-order valence-corrected chi connectivity index (χ0v) is 21.3. The van der Waals surface area contributed by atoms with Crippen LogP contribution in [-0.2, 0) is 12.2 Å². The molecule has 0 amide bonds. The monoisotopic (exact) mass is 529 g/mol. The number of nitrogen functional groups attached to an aromatic ring is 1. The summed E-state index contributed by atoms with van der Waals surface area (Å²) >= 11 is 1.22. The number of oxazole rings is 1. The van der Waals surface area contributed by atoms with E-state index in [2.05, 4.69) is 22.1 Å². The van der Waals surface area contributed by atoms with E-state index in [4.69, 9.17) is 15.3 Å². The molecule has 2 aromatic carbocycles. The van der Waals surface area contributed by atoms with Crippen molar-refractivity contribution in [2.24, 2.45) is 0 Å². The molecule has 38 heavy (non-hydrogen) atoms. The number of anilines is 1. The lowest BCUT2D eigenvalue weighted by molar-refractivity contribution is 0.0886. The van der Waals surface area contributed by atoms with E-state index in [0.717, 1.165) is 5.56 Å². The fraction of sp³-hybridized carbons (Fsp3) is 0.214. The molecule has 2 aromatic heterocycles. The third-order valence-electron chi connectivity index (χ3n) is 5.98. The van der Waals surface area contributed by atoms with Crippen molar-refractivity contribution in [3.63, 3.8) is 0 Å². The van der Waals surface area contributed by atoms with Gasteiger partial charge in [0, 0.05) is 11.3 Å². The van der Waals surface area contributed by atoms with Crippen LogP contribution >= 0.6 is 11.8 Å². The van der Waals surface area contributed by atoms with E-state index in [9.17, 15) is 20.0 Å². The molecular formula is C28H24FN5O3S. The molecule has 0 bridgehead atoms. The summed E-state index contributed by atoms with van der Waals surface area (Å²) in [6, 6.07) is 17.7. The second kappa shape index (κ2) is 11.9. The molecule has 8 nitrogen and oxygen atoms in total. The Balaban J connectivity index is 1.64. The average molecular weight is 530 g/mol. The molecule has 0 aliphatic carbocycles. The predicted octanol–water partition coefficient (Wildman–Crippen LogP) is 4.75. The number of pyridine rings is 1. The van der Waals surface area contributed by atoms with Crippen LogP contribution in [0.25, 0.3) is 22.6 Å². The van der Waals surface area contributed by atoms with Gasteiger partial charge in [-0.1, -0.05) is 48.2 Å². The van der Waals surface area contributed by atoms with Gasteiger partial charge in [-0.2, -0.15) is 10.5 Å². The molecule has 4 N–H and O–H groups in total. The number of rotatable bonds is 9. The molecule has 0 aliphatic heterocycles. The molecular weight excluding hydrogens is 505 g/mol. The first-order valence-corrected chi connectivity index (χ1v) is 12.7. The molecule has 0 aliphatic rings. The van der Waals surface area contributed by atoms with Gasteiger partial charge in [-0.25, -0.2) is 14.4 Å². The molecule has 0 fully saturated rings. The number of aryl methyl sites for hydroxylation is 2. The Morgan fingerprint density at radius 3 is 2.45 bits per heavy atom. The van der Waals surface area contributed by atoms with Crippen molar-refractivity contribution in [2.45, 2.75) is 36.6 Å². The zero-order chi connectivity index (χ0) is 27.2. The lowest BCUT2D eigenvalue weighted by atomic mass is 9.95. The minimum absolute atomic E-state index is 0.00284. The summed E-state index contributed by atoms with van der Waals surface area (Å²) in [5, 5.41) is 38.8. The van der Waals surface area contributed by atoms with Crippen molar-refractivity contribution < 1.29 is 19.0 Å². The Morgan fingerprint density at radius 1 is 1.08 bits per heavy atom. The van der Waals surface area contributed by atoms with Crippen LogP contribution < -0.4 is 5.73 Å². The minimum atomic E-state index is -0.791. The Bertz CT molecular complexity index is 1540. The quantitative estimate of drug-likeness (QED) is 0.261. The number of nitrogens with zero attached hydrogens (tertiary/aromatic N) is 4. The Hall–Kier alpha value is -4.22. The first-order valence-electron chi connectivity index (χ1n) is 11.7. The Labute approximate surface area is 223 Å². The standard InChI is InChI=1S/C28H24FN5O3S/c1-16-24(33-27(37-16)20-4-2-3-5-23(20)29)15-38-28-22(13-31)25(21(12-30)26(32)34-28)18-9-6-17(7-10-18)8-11-19(36)14-35/h2-7,9-10,19,35-36H,8,11,14-15H2,1H3,(H2,32,34)/t19-/m1/s1. The molecule has 2 heterocycles. The van der Waals surface area contributed by atoms with Crippen LogP contribution in [0.15, 0.2) is 58.0 Å². The minimum Gasteiger partial charge on any atom is -0.441 e. The summed E-state index contributed by atoms with van der Waals surface area (Å²) < 4.78 is 19.9. The van der Waals surface area contributed by atoms with Crippen molar-refractivity contribution in [1.29, 1.82) is 10.5 Å². The molecule has 4 rings (SSSR count). The van der Waals surface area contributed by atoms with E-state index in [0.29, 0.717) is 40.4 Å². The summed E-state index contributed by atoms with van der Waals surface area (Å²) in [4.78, 5) is 8.76. The summed E-state index contributed by atoms with van der Waals surface area (Å²) in [6.45, 7) is 1.43. The highest BCUT2D eigenvalue weighted by Gasteiger charge is 2.22. The number of nitrogens with two attached hydrogens (primary N) is 1. The highest BCUT2D eigenvalue weighted by molar-refractivity contribution is 7.98. The average Bonchev–Trinajstić information content (AvgIpc) is 3.30. The van der Waals surface area contributed by atoms with Crippen LogP contribution in [0, 0.1) is 35.4 Å². The molecule has 4 aromatic rings. The SMILES string of the molecule is Cc1oc(-c2ccccc2F)nc1CSc1nc(N)c(C#N)c(-c2ccc(CC[C@@H](O)CO)cc2)c1C#N. The zero-order valence-electron chi connectivity index (χ0n) is 20.5. The van der Waals surface area contributed by atoms with Gasteiger partial charge >= 0.3 is 0 Å². The van der Waals surface area contributed by atoms with Crippen molar-refractivity contribution in [2.75, 3.05) is 12.3 Å². The lowest BCUT2D eigenvalue weighted by Gasteiger charge is -2.13. The van der Waals surface area contributed by atoms with Gasteiger partial charge in [-0.3, -0.25) is 0 Å². The largest absolute Gasteiger partial charge is 0.441 e. The van der Waals surface area contributed by atoms with Gasteiger partial charge in [0.25, 0.3) is 0 Å². The van der Waals surface area contributed by atoms with Gasteiger partial charge in [0.1, 0.15) is 40.1 Å². The fourth-order valence-corrected chi connectivity index (χ4v) is 4.90. The molecule has 1 atom stereocenters. The molecule has 192 valence electrons. The number of nitriles is 2. The van der Waals surface area contributed by atoms with Gasteiger partial charge in [0.05, 0.1) is 29.5 Å². The van der Waals surface area contributed by atoms with Gasteiger partial charge < -0.3 is 20.4 Å². The Morgan fingerprint density at radius 2 is 1.79 bits per heavy atom. The molecule has 0 saturated heterocycles. The van der Waals surface area contributed by atoms with Crippen LogP contribution in [0.4, 0.5) is 10.2 Å². The highest BCUT2D eigenvalue weighted by Crippen LogP contribution is 2.37. The second-order valence-corrected chi connectivity index (χ2v) is 9.48. The number of benzene rings is 2. The molecule has 10 heteroatoms. The number of halogens is 1. The third-order valence-corrected chi connectivity index (χ3v) is 6.96. The van der Waals surface area contributed by atoms with Crippen molar-refractivity contribution in [3.8, 4) is 34.7 Å². The summed E-state index contributed by atoms with van der Waals surface area (Å²) in [7, 11) is 0. The number of thioether (sulfide) groups is 1. The van der Waals surface area contributed by atoms with E-state index in [-0.39, 0.29) is 40.8 Å².